The van der Waals surface area contributed by atoms with Crippen LogP contribution in [0.25, 0.3) is 0 Å². The number of aldehydes is 1. The van der Waals surface area contributed by atoms with Gasteiger partial charge < -0.3 is 14.2 Å². The summed E-state index contributed by atoms with van der Waals surface area (Å²) in [6.45, 7) is -0.222. The summed E-state index contributed by atoms with van der Waals surface area (Å²) >= 11 is 0. The summed E-state index contributed by atoms with van der Waals surface area (Å²) in [6.07, 6.45) is -6.75. The molecule has 0 spiro atoms. The second-order valence-corrected chi connectivity index (χ2v) is 4.71. The van der Waals surface area contributed by atoms with E-state index in [0.717, 1.165) is 6.07 Å². The summed E-state index contributed by atoms with van der Waals surface area (Å²) in [7, 11) is 1.19. The van der Waals surface area contributed by atoms with Crippen molar-refractivity contribution in [1.29, 1.82) is 0 Å². The molecule has 2 rings (SSSR count). The minimum atomic E-state index is -5.14. The van der Waals surface area contributed by atoms with Crippen molar-refractivity contribution in [3.8, 4) is 11.5 Å². The van der Waals surface area contributed by atoms with Crippen LogP contribution in [0.3, 0.4) is 0 Å². The topological polar surface area (TPSA) is 82.1 Å². The van der Waals surface area contributed by atoms with Crippen molar-refractivity contribution < 1.29 is 41.8 Å². The highest BCUT2D eigenvalue weighted by Crippen LogP contribution is 2.32. The highest BCUT2D eigenvalue weighted by atomic mass is 19.4. The first kappa shape index (κ1) is 17.6. The molecule has 10 heteroatoms. The fraction of sp³-hybridized carbons (Fsp3) is 0.357. The Hall–Kier alpha value is -2.78. The van der Waals surface area contributed by atoms with Crippen molar-refractivity contribution in [2.24, 2.45) is 0 Å². The van der Waals surface area contributed by atoms with E-state index in [-0.39, 0.29) is 30.1 Å². The third-order valence-corrected chi connectivity index (χ3v) is 3.21. The first-order chi connectivity index (χ1) is 11.3. The van der Waals surface area contributed by atoms with Gasteiger partial charge in [-0.15, -0.1) is 13.2 Å². The summed E-state index contributed by atoms with van der Waals surface area (Å²) < 4.78 is 53.5. The lowest BCUT2D eigenvalue weighted by Gasteiger charge is -2.27. The van der Waals surface area contributed by atoms with E-state index < -0.39 is 29.3 Å². The van der Waals surface area contributed by atoms with Gasteiger partial charge in [0.2, 0.25) is 0 Å². The SMILES string of the molecule is COc1cc(C=O)ccc1OC(=O)N(C1CCOC1=O)C(F)(F)F. The van der Waals surface area contributed by atoms with Crippen LogP contribution in [-0.4, -0.2) is 49.3 Å². The maximum absolute atomic E-state index is 13.1. The van der Waals surface area contributed by atoms with E-state index in [0.29, 0.717) is 6.29 Å². The Morgan fingerprint density at radius 3 is 2.58 bits per heavy atom. The molecule has 1 aliphatic heterocycles. The maximum atomic E-state index is 13.1. The van der Waals surface area contributed by atoms with E-state index in [4.69, 9.17) is 9.47 Å². The number of ether oxygens (including phenoxy) is 3. The molecular weight excluding hydrogens is 335 g/mol. The van der Waals surface area contributed by atoms with E-state index >= 15 is 0 Å². The van der Waals surface area contributed by atoms with Crippen molar-refractivity contribution in [1.82, 2.24) is 4.90 Å². The third-order valence-electron chi connectivity index (χ3n) is 3.21. The molecule has 0 N–H and O–H groups in total. The molecule has 1 atom stereocenters. The van der Waals surface area contributed by atoms with Gasteiger partial charge in [0.25, 0.3) is 0 Å². The van der Waals surface area contributed by atoms with Gasteiger partial charge >= 0.3 is 18.4 Å². The van der Waals surface area contributed by atoms with Crippen molar-refractivity contribution in [3.05, 3.63) is 23.8 Å². The summed E-state index contributed by atoms with van der Waals surface area (Å²) in [5, 5.41) is 0. The second-order valence-electron chi connectivity index (χ2n) is 4.71. The molecule has 1 amide bonds. The molecule has 1 aliphatic rings. The lowest BCUT2D eigenvalue weighted by Crippen LogP contribution is -2.52. The van der Waals surface area contributed by atoms with Crippen LogP contribution >= 0.6 is 0 Å². The summed E-state index contributed by atoms with van der Waals surface area (Å²) in [4.78, 5) is 33.4. The van der Waals surface area contributed by atoms with Gasteiger partial charge in [0.1, 0.15) is 12.3 Å². The van der Waals surface area contributed by atoms with E-state index in [2.05, 4.69) is 4.74 Å². The van der Waals surface area contributed by atoms with Crippen LogP contribution in [0.1, 0.15) is 16.8 Å². The molecule has 0 bridgehead atoms. The van der Waals surface area contributed by atoms with Gasteiger partial charge in [-0.1, -0.05) is 0 Å². The Morgan fingerprint density at radius 2 is 2.08 bits per heavy atom. The van der Waals surface area contributed by atoms with Crippen molar-refractivity contribution >= 4 is 18.3 Å². The number of alkyl halides is 3. The lowest BCUT2D eigenvalue weighted by molar-refractivity contribution is -0.238. The zero-order valence-corrected chi connectivity index (χ0v) is 12.3. The van der Waals surface area contributed by atoms with Gasteiger partial charge in [0, 0.05) is 12.0 Å². The number of methoxy groups -OCH3 is 1. The fourth-order valence-corrected chi connectivity index (χ4v) is 2.11. The van der Waals surface area contributed by atoms with Crippen molar-refractivity contribution in [3.63, 3.8) is 0 Å². The standard InChI is InChI=1S/C14H12F3NO6/c1-22-11-6-8(7-19)2-3-10(11)24-13(21)18(14(15,16)17)9-4-5-23-12(9)20/h2-3,6-7,9H,4-5H2,1H3. The Labute approximate surface area is 133 Å². The van der Waals surface area contributed by atoms with Gasteiger partial charge in [-0.2, -0.15) is 0 Å². The Kier molecular flexibility index (Phi) is 4.96. The summed E-state index contributed by atoms with van der Waals surface area (Å²) in [6, 6.07) is 1.73. The van der Waals surface area contributed by atoms with Crippen molar-refractivity contribution in [2.45, 2.75) is 18.8 Å². The number of carbonyl (C=O) groups excluding carboxylic acids is 3. The van der Waals surface area contributed by atoms with Crippen LogP contribution < -0.4 is 9.47 Å². The zero-order chi connectivity index (χ0) is 17.9. The number of amides is 1. The van der Waals surface area contributed by atoms with Crippen molar-refractivity contribution in [2.75, 3.05) is 13.7 Å². The molecule has 0 saturated carbocycles. The molecule has 1 aromatic carbocycles. The predicted molar refractivity (Wildman–Crippen MR) is 71.7 cm³/mol. The van der Waals surface area contributed by atoms with E-state index in [1.54, 1.807) is 0 Å². The van der Waals surface area contributed by atoms with Gasteiger partial charge in [-0.3, -0.25) is 4.79 Å². The number of hydrogen-bond donors (Lipinski definition) is 0. The first-order valence-corrected chi connectivity index (χ1v) is 6.65. The monoisotopic (exact) mass is 347 g/mol. The number of rotatable bonds is 4. The number of carbonyl (C=O) groups is 3. The lowest BCUT2D eigenvalue weighted by atomic mass is 10.2. The first-order valence-electron chi connectivity index (χ1n) is 6.65. The van der Waals surface area contributed by atoms with E-state index in [9.17, 15) is 27.6 Å². The maximum Gasteiger partial charge on any atom is 0.490 e. The Bertz CT molecular complexity index is 660. The molecule has 1 unspecified atom stereocenters. The Morgan fingerprint density at radius 1 is 1.38 bits per heavy atom. The molecule has 1 fully saturated rings. The van der Waals surface area contributed by atoms with Crippen LogP contribution in [0, 0.1) is 0 Å². The smallest absolute Gasteiger partial charge is 0.490 e. The van der Waals surface area contributed by atoms with Crippen LogP contribution in [0.15, 0.2) is 18.2 Å². The van der Waals surface area contributed by atoms with Gasteiger partial charge in [0.15, 0.2) is 11.5 Å². The fourth-order valence-electron chi connectivity index (χ4n) is 2.11. The number of halogens is 3. The van der Waals surface area contributed by atoms with Crippen LogP contribution in [0.2, 0.25) is 0 Å². The van der Waals surface area contributed by atoms with Gasteiger partial charge in [-0.25, -0.2) is 14.5 Å². The molecule has 7 nitrogen and oxygen atoms in total. The highest BCUT2D eigenvalue weighted by molar-refractivity contribution is 5.84. The molecule has 1 heterocycles. The molecule has 0 aromatic heterocycles. The van der Waals surface area contributed by atoms with Gasteiger partial charge in [0.05, 0.1) is 13.7 Å². The average molecular weight is 347 g/mol. The van der Waals surface area contributed by atoms with Crippen LogP contribution in [0.5, 0.6) is 11.5 Å². The molecular formula is C14H12F3NO6. The van der Waals surface area contributed by atoms with E-state index in [1.807, 2.05) is 0 Å². The largest absolute Gasteiger partial charge is 0.493 e. The third kappa shape index (κ3) is 3.58. The second kappa shape index (κ2) is 6.77. The molecule has 1 aromatic rings. The number of cyclic esters (lactones) is 1. The highest BCUT2D eigenvalue weighted by Gasteiger charge is 2.51. The number of nitrogens with zero attached hydrogens (tertiary/aromatic N) is 1. The van der Waals surface area contributed by atoms with Crippen LogP contribution in [-0.2, 0) is 9.53 Å². The van der Waals surface area contributed by atoms with Crippen LogP contribution in [0.4, 0.5) is 18.0 Å². The summed E-state index contributed by atoms with van der Waals surface area (Å²) in [5.74, 6) is -1.59. The predicted octanol–water partition coefficient (Wildman–Crippen LogP) is 2.14. The van der Waals surface area contributed by atoms with Gasteiger partial charge in [-0.05, 0) is 18.2 Å². The molecule has 0 radical (unpaired) electrons. The molecule has 0 aliphatic carbocycles. The summed E-state index contributed by atoms with van der Waals surface area (Å²) in [5.41, 5.74) is 0.179. The normalized spacial score (nSPS) is 17.2. The number of hydrogen-bond acceptors (Lipinski definition) is 6. The minimum Gasteiger partial charge on any atom is -0.493 e. The quantitative estimate of drug-likeness (QED) is 0.472. The molecule has 130 valence electrons. The number of benzene rings is 1. The number of esters is 1. The Balaban J connectivity index is 2.28. The minimum absolute atomic E-state index is 0.107. The zero-order valence-electron chi connectivity index (χ0n) is 12.3. The van der Waals surface area contributed by atoms with E-state index in [1.165, 1.54) is 19.2 Å². The molecule has 1 saturated heterocycles. The average Bonchev–Trinajstić information content (AvgIpc) is 2.92. The molecule has 24 heavy (non-hydrogen) atoms.